The number of rotatable bonds is 18. The maximum Gasteiger partial charge on any atom is 0.230 e. The van der Waals surface area contributed by atoms with E-state index in [9.17, 15) is 10.2 Å². The molecule has 1 aliphatic heterocycles. The first-order valence-corrected chi connectivity index (χ1v) is 21.7. The molecule has 8 nitrogen and oxygen atoms in total. The van der Waals surface area contributed by atoms with Crippen LogP contribution in [0.2, 0.25) is 0 Å². The molecular formula is C48H58N2O6S. The molecule has 1 fully saturated rings. The van der Waals surface area contributed by atoms with E-state index in [0.29, 0.717) is 13.0 Å². The third kappa shape index (κ3) is 9.44. The van der Waals surface area contributed by atoms with Gasteiger partial charge in [0.1, 0.15) is 22.8 Å². The van der Waals surface area contributed by atoms with E-state index in [1.54, 1.807) is 0 Å². The van der Waals surface area contributed by atoms with E-state index in [2.05, 4.69) is 66.2 Å². The first-order chi connectivity index (χ1) is 27.7. The molecule has 2 heterocycles. The maximum absolute atomic E-state index is 9.95. The monoisotopic (exact) mass is 790 g/mol. The lowest BCUT2D eigenvalue weighted by Crippen LogP contribution is -2.64. The minimum absolute atomic E-state index is 0.0139. The number of nitrogens with zero attached hydrogens (tertiary/aromatic N) is 2. The molecule has 9 heteroatoms. The summed E-state index contributed by atoms with van der Waals surface area (Å²) in [5, 5.41) is 26.9. The van der Waals surface area contributed by atoms with Crippen molar-refractivity contribution in [3.05, 3.63) is 121 Å². The number of thioether (sulfide) groups is 1. The summed E-state index contributed by atoms with van der Waals surface area (Å²) in [5.41, 5.74) is 3.92. The van der Waals surface area contributed by atoms with Crippen molar-refractivity contribution in [2.45, 2.75) is 94.7 Å². The fourth-order valence-corrected chi connectivity index (χ4v) is 10.4. The highest BCUT2D eigenvalue weighted by Crippen LogP contribution is 2.62. The third-order valence-electron chi connectivity index (χ3n) is 11.5. The van der Waals surface area contributed by atoms with Crippen LogP contribution in [0.15, 0.2) is 115 Å². The molecule has 4 aromatic rings. The summed E-state index contributed by atoms with van der Waals surface area (Å²) in [6.07, 6.45) is 14.6. The van der Waals surface area contributed by atoms with Gasteiger partial charge in [0.15, 0.2) is 0 Å². The average Bonchev–Trinajstić information content (AvgIpc) is 3.21. The predicted molar refractivity (Wildman–Crippen MR) is 230 cm³/mol. The van der Waals surface area contributed by atoms with Crippen LogP contribution in [0.25, 0.3) is 10.8 Å². The highest BCUT2D eigenvalue weighted by atomic mass is 32.2. The van der Waals surface area contributed by atoms with E-state index in [-0.39, 0.29) is 42.1 Å². The van der Waals surface area contributed by atoms with Gasteiger partial charge in [0.25, 0.3) is 0 Å². The second kappa shape index (κ2) is 18.6. The number of aromatic nitrogens is 1. The third-order valence-corrected chi connectivity index (χ3v) is 12.8. The molecule has 302 valence electrons. The largest absolute Gasteiger partial charge is 0.460 e. The lowest BCUT2D eigenvalue weighted by Gasteiger charge is -2.58. The van der Waals surface area contributed by atoms with Crippen molar-refractivity contribution in [1.82, 2.24) is 4.98 Å². The van der Waals surface area contributed by atoms with E-state index in [1.807, 2.05) is 75.3 Å². The van der Waals surface area contributed by atoms with E-state index < -0.39 is 11.4 Å². The highest BCUT2D eigenvalue weighted by molar-refractivity contribution is 8.00. The summed E-state index contributed by atoms with van der Waals surface area (Å²) in [6, 6.07) is 24.9. The molecule has 1 aromatic heterocycles. The number of ether oxygens (including phenoxy) is 3. The maximum atomic E-state index is 9.95. The Morgan fingerprint density at radius 3 is 2.42 bits per heavy atom. The molecule has 0 amide bonds. The quantitative estimate of drug-likeness (QED) is 0.0584. The number of oxime groups is 1. The van der Waals surface area contributed by atoms with Crippen LogP contribution in [0.1, 0.15) is 82.8 Å². The second-order valence-electron chi connectivity index (χ2n) is 16.5. The zero-order valence-corrected chi connectivity index (χ0v) is 34.5. The summed E-state index contributed by atoms with van der Waals surface area (Å²) in [4.78, 5) is 10.5. The van der Waals surface area contributed by atoms with Gasteiger partial charge < -0.3 is 29.3 Å². The topological polar surface area (TPSA) is 103 Å². The molecular weight excluding hydrogens is 733 g/mol. The molecule has 0 radical (unpaired) electrons. The molecule has 3 aliphatic rings. The van der Waals surface area contributed by atoms with Crippen molar-refractivity contribution in [2.24, 2.45) is 22.9 Å². The SMILES string of the molecule is C=CCO[C@@]12Oc3ccc(Oc4ccc5ccccc5c4)cc3[C@H]3[C@H](CCCCO)[C@@H](CCCCO)C=C(C(=NOC(C)(C)C)C[C@@H]1SCCc1ccncc1)[C@H]32. The number of hydrogen-bond acceptors (Lipinski definition) is 9. The van der Waals surface area contributed by atoms with Crippen molar-refractivity contribution in [2.75, 3.05) is 25.6 Å². The van der Waals surface area contributed by atoms with Crippen LogP contribution in [-0.4, -0.2) is 63.1 Å². The van der Waals surface area contributed by atoms with Crippen LogP contribution >= 0.6 is 11.8 Å². The molecule has 7 rings (SSSR count). The number of unbranched alkanes of at least 4 members (excludes halogenated alkanes) is 2. The van der Waals surface area contributed by atoms with Crippen LogP contribution in [0, 0.1) is 17.8 Å². The number of pyridine rings is 1. The minimum Gasteiger partial charge on any atom is -0.460 e. The molecule has 0 saturated heterocycles. The zero-order chi connectivity index (χ0) is 39.8. The van der Waals surface area contributed by atoms with Gasteiger partial charge >= 0.3 is 0 Å². The van der Waals surface area contributed by atoms with Crippen LogP contribution in [0.5, 0.6) is 17.2 Å². The number of aliphatic hydroxyl groups is 2. The fourth-order valence-electron chi connectivity index (χ4n) is 8.97. The van der Waals surface area contributed by atoms with Gasteiger partial charge in [0.05, 0.1) is 23.5 Å². The Morgan fingerprint density at radius 1 is 0.930 bits per heavy atom. The van der Waals surface area contributed by atoms with Gasteiger partial charge in [0.2, 0.25) is 5.79 Å². The van der Waals surface area contributed by atoms with E-state index in [0.717, 1.165) is 95.6 Å². The summed E-state index contributed by atoms with van der Waals surface area (Å²) in [7, 11) is 0. The summed E-state index contributed by atoms with van der Waals surface area (Å²) in [6.45, 7) is 10.8. The number of hydrogen-bond donors (Lipinski definition) is 2. The summed E-state index contributed by atoms with van der Waals surface area (Å²) in [5.74, 6) is 2.36. The lowest BCUT2D eigenvalue weighted by molar-refractivity contribution is -0.223. The van der Waals surface area contributed by atoms with Crippen LogP contribution in [0.3, 0.4) is 0 Å². The Hall–Kier alpha value is -4.15. The lowest BCUT2D eigenvalue weighted by atomic mass is 9.56. The van der Waals surface area contributed by atoms with Crippen molar-refractivity contribution in [3.8, 4) is 17.2 Å². The van der Waals surface area contributed by atoms with Crippen molar-refractivity contribution < 1.29 is 29.3 Å². The van der Waals surface area contributed by atoms with Crippen molar-refractivity contribution >= 4 is 28.2 Å². The Bertz CT molecular complexity index is 2030. The number of benzene rings is 3. The van der Waals surface area contributed by atoms with Crippen LogP contribution in [0.4, 0.5) is 0 Å². The number of aliphatic hydroxyl groups excluding tert-OH is 2. The Balaban J connectivity index is 1.37. The van der Waals surface area contributed by atoms with Gasteiger partial charge in [-0.25, -0.2) is 0 Å². The molecule has 0 spiro atoms. The first-order valence-electron chi connectivity index (χ1n) is 20.7. The predicted octanol–water partition coefficient (Wildman–Crippen LogP) is 10.4. The van der Waals surface area contributed by atoms with E-state index in [1.165, 1.54) is 5.56 Å². The van der Waals surface area contributed by atoms with Gasteiger partial charge in [-0.3, -0.25) is 4.98 Å². The molecule has 1 saturated carbocycles. The Morgan fingerprint density at radius 2 is 1.67 bits per heavy atom. The summed E-state index contributed by atoms with van der Waals surface area (Å²) < 4.78 is 21.1. The molecule has 57 heavy (non-hydrogen) atoms. The number of allylic oxidation sites excluding steroid dienone is 1. The molecule has 2 aliphatic carbocycles. The molecule has 6 atom stereocenters. The van der Waals surface area contributed by atoms with Gasteiger partial charge in [-0.2, -0.15) is 11.8 Å². The normalized spacial score (nSPS) is 24.6. The summed E-state index contributed by atoms with van der Waals surface area (Å²) >= 11 is 1.87. The number of fused-ring (bicyclic) bond motifs is 3. The standard InChI is InChI=1S/C48H58N2O6S/c1-5-27-53-48-44(57-28-22-33-20-23-49-24-21-33)32-42(50-56-47(2,3)4)40-30-36(14-8-10-25-51)39(15-9-11-26-52)45(46(40)48)41-31-38(18-19-43(41)55-48)54-37-17-16-34-12-6-7-13-35(34)29-37/h5-7,12-13,16-21,23-24,29-31,36,39,44-46,51-52H,1,8-11,14-15,22,25-28,32H2,2-4H3/t36-,39+,44-,45+,46+,48+/m0/s1. The smallest absolute Gasteiger partial charge is 0.230 e. The average molecular weight is 791 g/mol. The molecule has 2 N–H and O–H groups in total. The van der Waals surface area contributed by atoms with E-state index in [4.69, 9.17) is 24.2 Å². The first kappa shape index (κ1) is 41.0. The number of aryl methyl sites for hydroxylation is 1. The molecule has 0 unspecified atom stereocenters. The van der Waals surface area contributed by atoms with Gasteiger partial charge in [-0.05, 0) is 135 Å². The van der Waals surface area contributed by atoms with Crippen molar-refractivity contribution in [1.29, 1.82) is 0 Å². The minimum atomic E-state index is -1.02. The molecule has 0 bridgehead atoms. The van der Waals surface area contributed by atoms with Gasteiger partial charge in [0, 0.05) is 43.5 Å². The van der Waals surface area contributed by atoms with Gasteiger partial charge in [-0.15, -0.1) is 6.58 Å². The highest BCUT2D eigenvalue weighted by Gasteiger charge is 2.64. The second-order valence-corrected chi connectivity index (χ2v) is 17.8. The fraction of sp³-hybridized carbons (Fsp3) is 0.458. The van der Waals surface area contributed by atoms with Crippen molar-refractivity contribution in [3.63, 3.8) is 0 Å². The van der Waals surface area contributed by atoms with Crippen LogP contribution in [-0.2, 0) is 16.0 Å². The van der Waals surface area contributed by atoms with E-state index >= 15 is 0 Å². The zero-order valence-electron chi connectivity index (χ0n) is 33.6. The molecule has 3 aromatic carbocycles. The van der Waals surface area contributed by atoms with Crippen LogP contribution < -0.4 is 9.47 Å². The Kier molecular flexibility index (Phi) is 13.4. The van der Waals surface area contributed by atoms with Gasteiger partial charge in [-0.1, -0.05) is 60.5 Å². The Labute approximate surface area is 342 Å².